The van der Waals surface area contributed by atoms with Crippen LogP contribution in [0.3, 0.4) is 0 Å². The molecule has 1 atom stereocenters. The van der Waals surface area contributed by atoms with Gasteiger partial charge in [-0.25, -0.2) is 4.39 Å². The van der Waals surface area contributed by atoms with E-state index in [-0.39, 0.29) is 11.9 Å². The first kappa shape index (κ1) is 15.0. The predicted octanol–water partition coefficient (Wildman–Crippen LogP) is 4.30. The zero-order valence-corrected chi connectivity index (χ0v) is 13.1. The molecule has 0 heterocycles. The molecule has 2 aromatic rings. The Bertz CT molecular complexity index is 571. The van der Waals surface area contributed by atoms with Crippen LogP contribution in [0, 0.1) is 5.82 Å². The first-order chi connectivity index (χ1) is 9.65. The third-order valence-corrected chi connectivity index (χ3v) is 3.66. The van der Waals surface area contributed by atoms with Crippen molar-refractivity contribution < 1.29 is 9.13 Å². The van der Waals surface area contributed by atoms with Gasteiger partial charge in [0.05, 0.1) is 13.2 Å². The molecule has 0 aromatic heterocycles. The van der Waals surface area contributed by atoms with Crippen LogP contribution in [-0.4, -0.2) is 13.7 Å². The van der Waals surface area contributed by atoms with E-state index < -0.39 is 0 Å². The van der Waals surface area contributed by atoms with Crippen molar-refractivity contribution in [2.75, 3.05) is 13.7 Å². The van der Waals surface area contributed by atoms with Crippen molar-refractivity contribution in [2.24, 2.45) is 0 Å². The summed E-state index contributed by atoms with van der Waals surface area (Å²) in [7, 11) is 1.53. The first-order valence-electron chi connectivity index (χ1n) is 6.48. The number of hydrogen-bond donors (Lipinski definition) is 1. The van der Waals surface area contributed by atoms with Crippen LogP contribution in [0.1, 0.15) is 24.1 Å². The molecule has 4 heteroatoms. The molecule has 0 fully saturated rings. The van der Waals surface area contributed by atoms with Gasteiger partial charge >= 0.3 is 0 Å². The number of halogens is 2. The number of hydrogen-bond acceptors (Lipinski definition) is 2. The Balaban J connectivity index is 2.40. The highest BCUT2D eigenvalue weighted by Crippen LogP contribution is 2.27. The molecule has 0 spiro atoms. The van der Waals surface area contributed by atoms with E-state index in [9.17, 15) is 4.39 Å². The molecule has 1 unspecified atom stereocenters. The Morgan fingerprint density at radius 1 is 1.20 bits per heavy atom. The van der Waals surface area contributed by atoms with Crippen LogP contribution in [0.5, 0.6) is 5.75 Å². The fourth-order valence-electron chi connectivity index (χ4n) is 2.14. The van der Waals surface area contributed by atoms with Gasteiger partial charge in [0.25, 0.3) is 0 Å². The van der Waals surface area contributed by atoms with Gasteiger partial charge in [-0.15, -0.1) is 0 Å². The van der Waals surface area contributed by atoms with E-state index >= 15 is 0 Å². The minimum atomic E-state index is -0.266. The fourth-order valence-corrected chi connectivity index (χ4v) is 2.40. The highest BCUT2D eigenvalue weighted by molar-refractivity contribution is 9.10. The molecule has 106 valence electrons. The van der Waals surface area contributed by atoms with Crippen molar-refractivity contribution >= 4 is 15.9 Å². The summed E-state index contributed by atoms with van der Waals surface area (Å²) < 4.78 is 20.3. The molecule has 0 saturated carbocycles. The van der Waals surface area contributed by atoms with Crippen LogP contribution in [0.2, 0.25) is 0 Å². The first-order valence-corrected chi connectivity index (χ1v) is 7.27. The molecule has 1 N–H and O–H groups in total. The molecule has 0 bridgehead atoms. The van der Waals surface area contributed by atoms with E-state index in [4.69, 9.17) is 4.74 Å². The van der Waals surface area contributed by atoms with E-state index in [1.165, 1.54) is 13.2 Å². The van der Waals surface area contributed by atoms with Crippen molar-refractivity contribution in [3.8, 4) is 5.75 Å². The van der Waals surface area contributed by atoms with Crippen molar-refractivity contribution in [3.05, 3.63) is 63.9 Å². The number of rotatable bonds is 5. The van der Waals surface area contributed by atoms with Crippen LogP contribution in [0.25, 0.3) is 0 Å². The molecule has 0 aliphatic rings. The molecule has 2 nitrogen and oxygen atoms in total. The Hall–Kier alpha value is -1.39. The lowest BCUT2D eigenvalue weighted by molar-refractivity contribution is 0.410. The van der Waals surface area contributed by atoms with Gasteiger partial charge in [-0.1, -0.05) is 41.1 Å². The van der Waals surface area contributed by atoms with Gasteiger partial charge in [0.15, 0.2) is 0 Å². The number of ether oxygens (including phenoxy) is 1. The van der Waals surface area contributed by atoms with E-state index in [0.29, 0.717) is 11.3 Å². The molecular weight excluding hydrogens is 321 g/mol. The highest BCUT2D eigenvalue weighted by Gasteiger charge is 2.17. The molecule has 0 aliphatic carbocycles. The van der Waals surface area contributed by atoms with Gasteiger partial charge in [-0.3, -0.25) is 0 Å². The molecule has 0 amide bonds. The molecule has 20 heavy (non-hydrogen) atoms. The van der Waals surface area contributed by atoms with E-state index in [2.05, 4.69) is 21.2 Å². The lowest BCUT2D eigenvalue weighted by atomic mass is 9.98. The molecule has 2 aromatic carbocycles. The maximum Gasteiger partial charge on any atom is 0.132 e. The summed E-state index contributed by atoms with van der Waals surface area (Å²) in [4.78, 5) is 0. The summed E-state index contributed by atoms with van der Waals surface area (Å²) in [5, 5.41) is 3.32. The summed E-state index contributed by atoms with van der Waals surface area (Å²) in [5.41, 5.74) is 1.65. The maximum absolute atomic E-state index is 14.2. The minimum absolute atomic E-state index is 0.168. The van der Waals surface area contributed by atoms with Gasteiger partial charge in [-0.05, 0) is 30.3 Å². The zero-order chi connectivity index (χ0) is 14.5. The summed E-state index contributed by atoms with van der Waals surface area (Å²) in [6, 6.07) is 12.7. The third kappa shape index (κ3) is 3.38. The van der Waals surface area contributed by atoms with Crippen LogP contribution >= 0.6 is 15.9 Å². The maximum atomic E-state index is 14.2. The second-order valence-electron chi connectivity index (χ2n) is 4.43. The summed E-state index contributed by atoms with van der Waals surface area (Å²) in [6.45, 7) is 2.76. The Morgan fingerprint density at radius 2 is 1.90 bits per heavy atom. The molecule has 0 saturated heterocycles. The van der Waals surface area contributed by atoms with Crippen molar-refractivity contribution in [3.63, 3.8) is 0 Å². The van der Waals surface area contributed by atoms with Crippen molar-refractivity contribution in [1.82, 2.24) is 5.32 Å². The Morgan fingerprint density at radius 3 is 2.45 bits per heavy atom. The van der Waals surface area contributed by atoms with Gasteiger partial charge in [-0.2, -0.15) is 0 Å². The zero-order valence-electron chi connectivity index (χ0n) is 11.5. The van der Waals surface area contributed by atoms with Crippen LogP contribution in [0.4, 0.5) is 4.39 Å². The standard InChI is InChI=1S/C16H17BrFNO/c1-3-19-16(11-4-6-12(17)7-5-11)14-9-8-13(20-2)10-15(14)18/h4-10,16,19H,3H2,1-2H3. The lowest BCUT2D eigenvalue weighted by Gasteiger charge is -2.20. The summed E-state index contributed by atoms with van der Waals surface area (Å²) >= 11 is 3.41. The van der Waals surface area contributed by atoms with E-state index in [0.717, 1.165) is 16.6 Å². The average Bonchev–Trinajstić information content (AvgIpc) is 2.46. The summed E-state index contributed by atoms with van der Waals surface area (Å²) in [5.74, 6) is 0.260. The Labute approximate surface area is 127 Å². The highest BCUT2D eigenvalue weighted by atomic mass is 79.9. The normalized spacial score (nSPS) is 12.2. The largest absolute Gasteiger partial charge is 0.497 e. The van der Waals surface area contributed by atoms with E-state index in [1.54, 1.807) is 12.1 Å². The second kappa shape index (κ2) is 6.86. The topological polar surface area (TPSA) is 21.3 Å². The average molecular weight is 338 g/mol. The second-order valence-corrected chi connectivity index (χ2v) is 5.35. The van der Waals surface area contributed by atoms with Crippen LogP contribution in [-0.2, 0) is 0 Å². The number of nitrogens with one attached hydrogen (secondary N) is 1. The lowest BCUT2D eigenvalue weighted by Crippen LogP contribution is -2.23. The molecular formula is C16H17BrFNO. The Kier molecular flexibility index (Phi) is 5.15. The monoisotopic (exact) mass is 337 g/mol. The SMILES string of the molecule is CCNC(c1ccc(Br)cc1)c1ccc(OC)cc1F. The van der Waals surface area contributed by atoms with Gasteiger partial charge in [0.1, 0.15) is 11.6 Å². The van der Waals surface area contributed by atoms with Gasteiger partial charge < -0.3 is 10.1 Å². The number of benzene rings is 2. The minimum Gasteiger partial charge on any atom is -0.497 e. The number of methoxy groups -OCH3 is 1. The quantitative estimate of drug-likeness (QED) is 0.878. The third-order valence-electron chi connectivity index (χ3n) is 3.13. The fraction of sp³-hybridized carbons (Fsp3) is 0.250. The smallest absolute Gasteiger partial charge is 0.132 e. The van der Waals surface area contributed by atoms with Crippen LogP contribution < -0.4 is 10.1 Å². The molecule has 0 aliphatic heterocycles. The predicted molar refractivity (Wildman–Crippen MR) is 82.6 cm³/mol. The molecule has 0 radical (unpaired) electrons. The van der Waals surface area contributed by atoms with Gasteiger partial charge in [0, 0.05) is 16.1 Å². The van der Waals surface area contributed by atoms with Gasteiger partial charge in [0.2, 0.25) is 0 Å². The van der Waals surface area contributed by atoms with Crippen LogP contribution in [0.15, 0.2) is 46.9 Å². The van der Waals surface area contributed by atoms with E-state index in [1.807, 2.05) is 31.2 Å². The van der Waals surface area contributed by atoms with Crippen molar-refractivity contribution in [2.45, 2.75) is 13.0 Å². The molecule has 2 rings (SSSR count). The van der Waals surface area contributed by atoms with Crippen molar-refractivity contribution in [1.29, 1.82) is 0 Å². The summed E-state index contributed by atoms with van der Waals surface area (Å²) in [6.07, 6.45) is 0.